The van der Waals surface area contributed by atoms with Crippen molar-refractivity contribution in [1.29, 1.82) is 0 Å². The van der Waals surface area contributed by atoms with Crippen molar-refractivity contribution in [3.05, 3.63) is 51.2 Å². The molecule has 1 heterocycles. The van der Waals surface area contributed by atoms with E-state index in [0.29, 0.717) is 10.7 Å². The predicted octanol–water partition coefficient (Wildman–Crippen LogP) is 3.30. The average molecular weight is 319 g/mol. The molecule has 0 spiro atoms. The zero-order valence-corrected chi connectivity index (χ0v) is 13.7. The van der Waals surface area contributed by atoms with Gasteiger partial charge in [0, 0.05) is 10.6 Å². The highest BCUT2D eigenvalue weighted by Crippen LogP contribution is 2.15. The van der Waals surface area contributed by atoms with Crippen LogP contribution in [0.25, 0.3) is 0 Å². The molecule has 2 aromatic rings. The molecule has 110 valence electrons. The Bertz CT molecular complexity index is 659. The Kier molecular flexibility index (Phi) is 4.93. The fraction of sp³-hybridized carbons (Fsp3) is 0.200. The highest BCUT2D eigenvalue weighted by molar-refractivity contribution is 7.80. The molecule has 0 radical (unpaired) electrons. The van der Waals surface area contributed by atoms with Gasteiger partial charge in [0.05, 0.1) is 5.56 Å². The smallest absolute Gasteiger partial charge is 0.270 e. The van der Waals surface area contributed by atoms with Crippen LogP contribution in [0.15, 0.2) is 29.6 Å². The predicted molar refractivity (Wildman–Crippen MR) is 91.8 cm³/mol. The number of nitrogens with one attached hydrogen (secondary N) is 3. The van der Waals surface area contributed by atoms with Crippen LogP contribution in [0, 0.1) is 20.8 Å². The highest BCUT2D eigenvalue weighted by Gasteiger charge is 2.09. The normalized spacial score (nSPS) is 10.0. The molecule has 0 fully saturated rings. The summed E-state index contributed by atoms with van der Waals surface area (Å²) in [6, 6.07) is 7.86. The largest absolute Gasteiger partial charge is 0.331 e. The number of rotatable bonds is 2. The molecule has 21 heavy (non-hydrogen) atoms. The summed E-state index contributed by atoms with van der Waals surface area (Å²) in [5, 5.41) is 5.28. The van der Waals surface area contributed by atoms with Crippen LogP contribution in [0.3, 0.4) is 0 Å². The molecule has 0 bridgehead atoms. The monoisotopic (exact) mass is 319 g/mol. The lowest BCUT2D eigenvalue weighted by Gasteiger charge is -2.12. The van der Waals surface area contributed by atoms with Gasteiger partial charge in [0.2, 0.25) is 0 Å². The van der Waals surface area contributed by atoms with E-state index in [1.807, 2.05) is 38.3 Å². The summed E-state index contributed by atoms with van der Waals surface area (Å²) in [5.41, 5.74) is 9.15. The Hall–Kier alpha value is -1.92. The van der Waals surface area contributed by atoms with Gasteiger partial charge < -0.3 is 5.32 Å². The fourth-order valence-corrected chi connectivity index (χ4v) is 2.88. The number of hydrogen-bond acceptors (Lipinski definition) is 3. The maximum absolute atomic E-state index is 11.9. The molecule has 6 heteroatoms. The number of carbonyl (C=O) groups is 1. The fourth-order valence-electron chi connectivity index (χ4n) is 2.01. The van der Waals surface area contributed by atoms with E-state index in [1.54, 1.807) is 6.07 Å². The molecule has 0 atom stereocenters. The van der Waals surface area contributed by atoms with Crippen molar-refractivity contribution < 1.29 is 4.79 Å². The van der Waals surface area contributed by atoms with E-state index in [9.17, 15) is 4.79 Å². The van der Waals surface area contributed by atoms with Crippen molar-refractivity contribution >= 4 is 40.3 Å². The molecule has 0 aliphatic heterocycles. The maximum Gasteiger partial charge on any atom is 0.270 e. The third-order valence-electron chi connectivity index (χ3n) is 2.87. The lowest BCUT2D eigenvalue weighted by Crippen LogP contribution is -2.43. The lowest BCUT2D eigenvalue weighted by molar-refractivity contribution is 0.0944. The molecular weight excluding hydrogens is 302 g/mol. The molecule has 4 nitrogen and oxygen atoms in total. The van der Waals surface area contributed by atoms with Crippen molar-refractivity contribution in [2.24, 2.45) is 0 Å². The first-order valence-corrected chi connectivity index (χ1v) is 7.74. The second-order valence-corrected chi connectivity index (χ2v) is 6.33. The van der Waals surface area contributed by atoms with Crippen LogP contribution in [-0.4, -0.2) is 11.0 Å². The van der Waals surface area contributed by atoms with Crippen LogP contribution in [0.1, 0.15) is 26.4 Å². The molecule has 1 amide bonds. The van der Waals surface area contributed by atoms with Crippen LogP contribution < -0.4 is 16.2 Å². The molecular formula is C15H17N3OS2. The minimum atomic E-state index is -0.196. The number of thiophene rings is 1. The van der Waals surface area contributed by atoms with Crippen molar-refractivity contribution in [3.63, 3.8) is 0 Å². The summed E-state index contributed by atoms with van der Waals surface area (Å²) < 4.78 is 0. The first kappa shape index (κ1) is 15.5. The highest BCUT2D eigenvalue weighted by atomic mass is 32.1. The van der Waals surface area contributed by atoms with E-state index < -0.39 is 0 Å². The number of hydrogen-bond donors (Lipinski definition) is 3. The van der Waals surface area contributed by atoms with Crippen LogP contribution in [0.5, 0.6) is 0 Å². The third-order valence-corrected chi connectivity index (χ3v) is 3.92. The minimum absolute atomic E-state index is 0.196. The molecule has 0 aliphatic rings. The Labute approximate surface area is 133 Å². The number of benzene rings is 1. The molecule has 1 aromatic carbocycles. The number of hydrazine groups is 1. The van der Waals surface area contributed by atoms with E-state index in [4.69, 9.17) is 12.2 Å². The van der Waals surface area contributed by atoms with Crippen LogP contribution >= 0.6 is 23.6 Å². The van der Waals surface area contributed by atoms with Crippen molar-refractivity contribution in [3.8, 4) is 0 Å². The maximum atomic E-state index is 11.9. The van der Waals surface area contributed by atoms with Gasteiger partial charge in [-0.05, 0) is 67.7 Å². The molecule has 0 saturated carbocycles. The van der Waals surface area contributed by atoms with Gasteiger partial charge in [-0.15, -0.1) is 11.3 Å². The lowest BCUT2D eigenvalue weighted by atomic mass is 10.1. The summed E-state index contributed by atoms with van der Waals surface area (Å²) in [5.74, 6) is -0.196. The average Bonchev–Trinajstić information content (AvgIpc) is 2.81. The minimum Gasteiger partial charge on any atom is -0.331 e. The van der Waals surface area contributed by atoms with E-state index >= 15 is 0 Å². The van der Waals surface area contributed by atoms with E-state index in [0.717, 1.165) is 21.7 Å². The number of anilines is 1. The van der Waals surface area contributed by atoms with Crippen LogP contribution in [-0.2, 0) is 0 Å². The van der Waals surface area contributed by atoms with Crippen molar-refractivity contribution in [2.45, 2.75) is 20.8 Å². The Morgan fingerprint density at radius 1 is 1.10 bits per heavy atom. The van der Waals surface area contributed by atoms with Gasteiger partial charge in [0.15, 0.2) is 5.11 Å². The SMILES string of the molecule is Cc1cc(C)cc(NC(=S)NNC(=O)c2ccsc2C)c1. The molecule has 0 aliphatic carbocycles. The van der Waals surface area contributed by atoms with Gasteiger partial charge in [-0.25, -0.2) is 0 Å². The summed E-state index contributed by atoms with van der Waals surface area (Å²) in [6.45, 7) is 5.96. The molecule has 1 aromatic heterocycles. The van der Waals surface area contributed by atoms with Gasteiger partial charge in [-0.2, -0.15) is 0 Å². The second-order valence-electron chi connectivity index (χ2n) is 4.80. The first-order chi connectivity index (χ1) is 9.95. The molecule has 2 rings (SSSR count). The van der Waals surface area contributed by atoms with Crippen LogP contribution in [0.2, 0.25) is 0 Å². The van der Waals surface area contributed by atoms with E-state index in [-0.39, 0.29) is 5.91 Å². The summed E-state index contributed by atoms with van der Waals surface area (Å²) in [6.07, 6.45) is 0. The zero-order chi connectivity index (χ0) is 15.4. The number of thiocarbonyl (C=S) groups is 1. The second kappa shape index (κ2) is 6.69. The number of carbonyl (C=O) groups excluding carboxylic acids is 1. The van der Waals surface area contributed by atoms with Crippen molar-refractivity contribution in [2.75, 3.05) is 5.32 Å². The van der Waals surface area contributed by atoms with E-state index in [2.05, 4.69) is 22.2 Å². The Morgan fingerprint density at radius 2 is 1.76 bits per heavy atom. The molecule has 0 saturated heterocycles. The topological polar surface area (TPSA) is 53.2 Å². The summed E-state index contributed by atoms with van der Waals surface area (Å²) in [7, 11) is 0. The van der Waals surface area contributed by atoms with Gasteiger partial charge in [0.1, 0.15) is 0 Å². The zero-order valence-electron chi connectivity index (χ0n) is 12.1. The third kappa shape index (κ3) is 4.27. The van der Waals surface area contributed by atoms with Gasteiger partial charge >= 0.3 is 0 Å². The Morgan fingerprint density at radius 3 is 2.33 bits per heavy atom. The molecule has 3 N–H and O–H groups in total. The number of amides is 1. The summed E-state index contributed by atoms with van der Waals surface area (Å²) in [4.78, 5) is 12.9. The van der Waals surface area contributed by atoms with Gasteiger partial charge in [0.25, 0.3) is 5.91 Å². The summed E-state index contributed by atoms with van der Waals surface area (Å²) >= 11 is 6.70. The number of aryl methyl sites for hydroxylation is 3. The van der Waals surface area contributed by atoms with Crippen molar-refractivity contribution in [1.82, 2.24) is 10.9 Å². The van der Waals surface area contributed by atoms with Gasteiger partial charge in [-0.3, -0.25) is 15.6 Å². The molecule has 0 unspecified atom stereocenters. The quantitative estimate of drug-likeness (QED) is 0.587. The van der Waals surface area contributed by atoms with E-state index in [1.165, 1.54) is 11.3 Å². The van der Waals surface area contributed by atoms with Crippen LogP contribution in [0.4, 0.5) is 5.69 Å². The first-order valence-electron chi connectivity index (χ1n) is 6.45. The standard InChI is InChI=1S/C15H17N3OS2/c1-9-6-10(2)8-12(7-9)16-15(20)18-17-14(19)13-4-5-21-11(13)3/h4-8H,1-3H3,(H,17,19)(H2,16,18,20). The van der Waals surface area contributed by atoms with Gasteiger partial charge in [-0.1, -0.05) is 6.07 Å². The Balaban J connectivity index is 1.90.